The Morgan fingerprint density at radius 1 is 1.43 bits per heavy atom. The lowest BCUT2D eigenvalue weighted by molar-refractivity contribution is -0.153. The molecular formula is C17H22ClNO4. The van der Waals surface area contributed by atoms with Crippen LogP contribution in [0.15, 0.2) is 18.2 Å². The smallest absolute Gasteiger partial charge is 0.313 e. The maximum absolute atomic E-state index is 12.1. The number of carbonyl (C=O) groups is 2. The molecule has 1 amide bonds. The minimum absolute atomic E-state index is 0.252. The predicted molar refractivity (Wildman–Crippen MR) is 87.6 cm³/mol. The van der Waals surface area contributed by atoms with Crippen LogP contribution in [0, 0.1) is 11.8 Å². The second kappa shape index (κ2) is 8.20. The molecule has 0 fully saturated rings. The topological polar surface area (TPSA) is 64.6 Å². The van der Waals surface area contributed by atoms with Gasteiger partial charge in [-0.15, -0.1) is 0 Å². The van der Waals surface area contributed by atoms with E-state index in [0.29, 0.717) is 23.9 Å². The molecule has 5 nitrogen and oxygen atoms in total. The summed E-state index contributed by atoms with van der Waals surface area (Å²) in [6, 6.07) is 5.33. The molecule has 1 aliphatic rings. The molecule has 0 radical (unpaired) electrons. The maximum Gasteiger partial charge on any atom is 0.313 e. The van der Waals surface area contributed by atoms with Gasteiger partial charge in [0.1, 0.15) is 12.4 Å². The number of hydrogen-bond donors (Lipinski definition) is 1. The number of benzene rings is 1. The highest BCUT2D eigenvalue weighted by Gasteiger charge is 2.27. The van der Waals surface area contributed by atoms with Crippen LogP contribution in [-0.4, -0.2) is 31.6 Å². The zero-order chi connectivity index (χ0) is 16.8. The Kier molecular flexibility index (Phi) is 6.28. The average molecular weight is 340 g/mol. The molecule has 1 aliphatic heterocycles. The first-order chi connectivity index (χ1) is 11.0. The van der Waals surface area contributed by atoms with E-state index in [-0.39, 0.29) is 19.1 Å². The summed E-state index contributed by atoms with van der Waals surface area (Å²) in [5.41, 5.74) is 0.882. The van der Waals surface area contributed by atoms with Crippen LogP contribution in [0.5, 0.6) is 5.75 Å². The molecule has 6 heteroatoms. The molecule has 2 rings (SSSR count). The molecule has 0 unspecified atom stereocenters. The summed E-state index contributed by atoms with van der Waals surface area (Å²) < 4.78 is 10.6. The first-order valence-corrected chi connectivity index (χ1v) is 8.18. The molecule has 0 saturated heterocycles. The Labute approximate surface area is 141 Å². The summed E-state index contributed by atoms with van der Waals surface area (Å²) in [5, 5.41) is 3.33. The molecule has 0 bridgehead atoms. The molecule has 126 valence electrons. The molecule has 0 spiro atoms. The SMILES string of the molecule is CC(C)CCNC(=O)COC(=O)[C@H]1COc2ccc(Cl)cc2C1. The van der Waals surface area contributed by atoms with Crippen LogP contribution in [0.1, 0.15) is 25.8 Å². The highest BCUT2D eigenvalue weighted by atomic mass is 35.5. The summed E-state index contributed by atoms with van der Waals surface area (Å²) in [7, 11) is 0. The van der Waals surface area contributed by atoms with Crippen LogP contribution in [0.4, 0.5) is 0 Å². The number of nitrogens with one attached hydrogen (secondary N) is 1. The van der Waals surface area contributed by atoms with Crippen molar-refractivity contribution in [3.63, 3.8) is 0 Å². The molecular weight excluding hydrogens is 318 g/mol. The number of halogens is 1. The number of amides is 1. The summed E-state index contributed by atoms with van der Waals surface area (Å²) in [6.07, 6.45) is 1.40. The van der Waals surface area contributed by atoms with Crippen molar-refractivity contribution in [1.82, 2.24) is 5.32 Å². The second-order valence-corrected chi connectivity index (χ2v) is 6.54. The fourth-order valence-electron chi connectivity index (χ4n) is 2.32. The molecule has 1 aromatic carbocycles. The lowest BCUT2D eigenvalue weighted by Crippen LogP contribution is -2.34. The lowest BCUT2D eigenvalue weighted by atomic mass is 9.97. The zero-order valence-electron chi connectivity index (χ0n) is 13.4. The zero-order valence-corrected chi connectivity index (χ0v) is 14.2. The number of esters is 1. The van der Waals surface area contributed by atoms with Gasteiger partial charge in [-0.25, -0.2) is 0 Å². The first-order valence-electron chi connectivity index (χ1n) is 7.80. The summed E-state index contributed by atoms with van der Waals surface area (Å²) in [4.78, 5) is 23.7. The quantitative estimate of drug-likeness (QED) is 0.809. The van der Waals surface area contributed by atoms with Crippen LogP contribution in [0.2, 0.25) is 5.02 Å². The van der Waals surface area contributed by atoms with Crippen LogP contribution in [-0.2, 0) is 20.7 Å². The van der Waals surface area contributed by atoms with Gasteiger partial charge in [-0.1, -0.05) is 25.4 Å². The van der Waals surface area contributed by atoms with E-state index < -0.39 is 11.9 Å². The maximum atomic E-state index is 12.1. The van der Waals surface area contributed by atoms with Crippen molar-refractivity contribution < 1.29 is 19.1 Å². The summed E-state index contributed by atoms with van der Waals surface area (Å²) in [5.74, 6) is 0.146. The Bertz CT molecular complexity index is 574. The van der Waals surface area contributed by atoms with Crippen molar-refractivity contribution in [2.45, 2.75) is 26.7 Å². The van der Waals surface area contributed by atoms with Crippen molar-refractivity contribution in [2.24, 2.45) is 11.8 Å². The van der Waals surface area contributed by atoms with E-state index in [1.165, 1.54) is 0 Å². The van der Waals surface area contributed by atoms with Crippen LogP contribution in [0.3, 0.4) is 0 Å². The largest absolute Gasteiger partial charge is 0.492 e. The molecule has 1 N–H and O–H groups in total. The van der Waals surface area contributed by atoms with Crippen LogP contribution < -0.4 is 10.1 Å². The minimum atomic E-state index is -0.422. The molecule has 0 aromatic heterocycles. The molecule has 0 aliphatic carbocycles. The second-order valence-electron chi connectivity index (χ2n) is 6.10. The summed E-state index contributed by atoms with van der Waals surface area (Å²) in [6.45, 7) is 4.75. The Hall–Kier alpha value is -1.75. The van der Waals surface area contributed by atoms with E-state index >= 15 is 0 Å². The Balaban J connectivity index is 1.77. The predicted octanol–water partition coefficient (Wildman–Crippen LogP) is 2.60. The monoisotopic (exact) mass is 339 g/mol. The van der Waals surface area contributed by atoms with E-state index in [0.717, 1.165) is 17.7 Å². The first kappa shape index (κ1) is 17.6. The normalized spacial score (nSPS) is 16.4. The van der Waals surface area contributed by atoms with Gasteiger partial charge in [-0.2, -0.15) is 0 Å². The van der Waals surface area contributed by atoms with Gasteiger partial charge in [-0.05, 0) is 42.5 Å². The van der Waals surface area contributed by atoms with Gasteiger partial charge in [0, 0.05) is 11.6 Å². The molecule has 23 heavy (non-hydrogen) atoms. The lowest BCUT2D eigenvalue weighted by Gasteiger charge is -2.24. The third-order valence-corrected chi connectivity index (χ3v) is 3.89. The van der Waals surface area contributed by atoms with Gasteiger partial charge >= 0.3 is 5.97 Å². The minimum Gasteiger partial charge on any atom is -0.492 e. The number of hydrogen-bond acceptors (Lipinski definition) is 4. The van der Waals surface area contributed by atoms with E-state index in [4.69, 9.17) is 21.1 Å². The third kappa shape index (κ3) is 5.43. The number of carbonyl (C=O) groups excluding carboxylic acids is 2. The third-order valence-electron chi connectivity index (χ3n) is 3.65. The van der Waals surface area contributed by atoms with Crippen molar-refractivity contribution in [2.75, 3.05) is 19.8 Å². The van der Waals surface area contributed by atoms with Gasteiger partial charge in [0.2, 0.25) is 0 Å². The van der Waals surface area contributed by atoms with E-state index in [1.54, 1.807) is 18.2 Å². The van der Waals surface area contributed by atoms with E-state index in [2.05, 4.69) is 19.2 Å². The van der Waals surface area contributed by atoms with Gasteiger partial charge in [0.25, 0.3) is 5.91 Å². The molecule has 0 saturated carbocycles. The number of fused-ring (bicyclic) bond motifs is 1. The molecule has 1 atom stereocenters. The average Bonchev–Trinajstić information content (AvgIpc) is 2.51. The van der Waals surface area contributed by atoms with Crippen molar-refractivity contribution >= 4 is 23.5 Å². The van der Waals surface area contributed by atoms with Crippen molar-refractivity contribution in [3.05, 3.63) is 28.8 Å². The standard InChI is InChI=1S/C17H22ClNO4/c1-11(2)5-6-19-16(20)10-23-17(21)13-7-12-8-14(18)3-4-15(12)22-9-13/h3-4,8,11,13H,5-7,9-10H2,1-2H3,(H,19,20)/t13-/m1/s1. The van der Waals surface area contributed by atoms with Crippen molar-refractivity contribution in [3.8, 4) is 5.75 Å². The van der Waals surface area contributed by atoms with Crippen LogP contribution >= 0.6 is 11.6 Å². The number of rotatable bonds is 6. The highest BCUT2D eigenvalue weighted by molar-refractivity contribution is 6.30. The molecule has 1 heterocycles. The summed E-state index contributed by atoms with van der Waals surface area (Å²) >= 11 is 5.95. The fourth-order valence-corrected chi connectivity index (χ4v) is 2.52. The Morgan fingerprint density at radius 3 is 2.96 bits per heavy atom. The Morgan fingerprint density at radius 2 is 2.22 bits per heavy atom. The van der Waals surface area contributed by atoms with Crippen LogP contribution in [0.25, 0.3) is 0 Å². The van der Waals surface area contributed by atoms with E-state index in [1.807, 2.05) is 0 Å². The van der Waals surface area contributed by atoms with E-state index in [9.17, 15) is 9.59 Å². The fraction of sp³-hybridized carbons (Fsp3) is 0.529. The highest BCUT2D eigenvalue weighted by Crippen LogP contribution is 2.30. The van der Waals surface area contributed by atoms with Gasteiger partial charge in [0.05, 0.1) is 5.92 Å². The van der Waals surface area contributed by atoms with Crippen molar-refractivity contribution in [1.29, 1.82) is 0 Å². The van der Waals surface area contributed by atoms with Gasteiger partial charge in [0.15, 0.2) is 6.61 Å². The van der Waals surface area contributed by atoms with Gasteiger partial charge in [-0.3, -0.25) is 9.59 Å². The number of ether oxygens (including phenoxy) is 2. The van der Waals surface area contributed by atoms with Gasteiger partial charge < -0.3 is 14.8 Å². The molecule has 1 aromatic rings.